The first kappa shape index (κ1) is 23.0. The zero-order valence-corrected chi connectivity index (χ0v) is 13.8. The van der Waals surface area contributed by atoms with Crippen LogP contribution in [0.5, 0.6) is 0 Å². The van der Waals surface area contributed by atoms with E-state index in [4.69, 9.17) is 0 Å². The standard InChI is InChI=1S/C4H9BO3.2C4H12N/c1-2-3-4-8-5(6)7;2*1-5(2,3)4/h2-4H2,1H3;2*1-4H3/q-2;2*+1. The van der Waals surface area contributed by atoms with Crippen molar-refractivity contribution in [3.05, 3.63) is 0 Å². The summed E-state index contributed by atoms with van der Waals surface area (Å²) < 4.78 is 6.17. The van der Waals surface area contributed by atoms with Crippen LogP contribution in [0.15, 0.2) is 0 Å². The largest absolute Gasteiger partial charge is 0.871 e. The minimum absolute atomic E-state index is 0.300. The second kappa shape index (κ2) is 11.9. The Kier molecular flexibility index (Phi) is 15.2. The van der Waals surface area contributed by atoms with Gasteiger partial charge >= 0.3 is 0 Å². The van der Waals surface area contributed by atoms with Crippen LogP contribution in [0.1, 0.15) is 19.8 Å². The minimum Gasteiger partial charge on any atom is -0.871 e. The summed E-state index contributed by atoms with van der Waals surface area (Å²) in [5, 5.41) is 19.2. The number of rotatable bonds is 4. The molecule has 0 heterocycles. The summed E-state index contributed by atoms with van der Waals surface area (Å²) in [6.07, 6.45) is 1.74. The van der Waals surface area contributed by atoms with Gasteiger partial charge in [-0.25, -0.2) is 0 Å². The van der Waals surface area contributed by atoms with E-state index in [0.717, 1.165) is 21.8 Å². The van der Waals surface area contributed by atoms with E-state index in [1.165, 1.54) is 0 Å². The molecule has 18 heavy (non-hydrogen) atoms. The monoisotopic (exact) mass is 264 g/mol. The third-order valence-corrected chi connectivity index (χ3v) is 0.752. The maximum atomic E-state index is 9.62. The minimum atomic E-state index is -2.10. The molecule has 6 heteroatoms. The Labute approximate surface area is 114 Å². The van der Waals surface area contributed by atoms with Crippen LogP contribution in [-0.4, -0.2) is 79.3 Å². The van der Waals surface area contributed by atoms with Gasteiger partial charge in [-0.1, -0.05) is 13.3 Å². The topological polar surface area (TPSA) is 55.3 Å². The van der Waals surface area contributed by atoms with Gasteiger partial charge in [0, 0.05) is 6.61 Å². The molecule has 0 spiro atoms. The molecule has 0 rings (SSSR count). The number of quaternary nitrogens is 2. The van der Waals surface area contributed by atoms with Crippen LogP contribution in [-0.2, 0) is 4.65 Å². The highest BCUT2D eigenvalue weighted by molar-refractivity contribution is 6.28. The van der Waals surface area contributed by atoms with Gasteiger partial charge in [-0.3, -0.25) is 0 Å². The average molecular weight is 264 g/mol. The molecule has 112 valence electrons. The van der Waals surface area contributed by atoms with Crippen LogP contribution >= 0.6 is 0 Å². The zero-order valence-electron chi connectivity index (χ0n) is 13.8. The van der Waals surface area contributed by atoms with Gasteiger partial charge in [0.05, 0.1) is 63.7 Å². The Bertz CT molecular complexity index is 142. The van der Waals surface area contributed by atoms with Crippen LogP contribution in [0.2, 0.25) is 0 Å². The second-order valence-electron chi connectivity index (χ2n) is 6.88. The van der Waals surface area contributed by atoms with E-state index in [9.17, 15) is 10.0 Å². The predicted octanol–water partition coefficient (Wildman–Crippen LogP) is -0.847. The van der Waals surface area contributed by atoms with Crippen LogP contribution in [0.3, 0.4) is 0 Å². The Balaban J connectivity index is -0.000000197. The molecule has 0 aromatic heterocycles. The first-order chi connectivity index (χ1) is 7.77. The molecular formula is C12H33BN2O3. The molecule has 0 aromatic carbocycles. The van der Waals surface area contributed by atoms with Crippen molar-refractivity contribution < 1.29 is 23.7 Å². The fourth-order valence-electron chi connectivity index (χ4n) is 0.324. The number of unbranched alkanes of at least 4 members (excludes halogenated alkanes) is 1. The molecule has 0 atom stereocenters. The number of nitrogens with zero attached hydrogens (tertiary/aromatic N) is 2. The van der Waals surface area contributed by atoms with Gasteiger partial charge in [-0.15, -0.1) is 0 Å². The molecule has 0 N–H and O–H groups in total. The molecule has 0 saturated carbocycles. The smallest absolute Gasteiger partial charge is 0.0675 e. The highest BCUT2D eigenvalue weighted by Gasteiger charge is 1.88. The van der Waals surface area contributed by atoms with E-state index in [1.54, 1.807) is 0 Å². The van der Waals surface area contributed by atoms with Gasteiger partial charge in [0.25, 0.3) is 0 Å². The third kappa shape index (κ3) is 148. The van der Waals surface area contributed by atoms with Gasteiger partial charge < -0.3 is 23.7 Å². The summed E-state index contributed by atoms with van der Waals surface area (Å²) in [6, 6.07) is 0. The molecule has 0 saturated heterocycles. The van der Waals surface area contributed by atoms with Gasteiger partial charge in [-0.05, 0) is 6.42 Å². The van der Waals surface area contributed by atoms with E-state index in [2.05, 4.69) is 61.0 Å². The Hall–Kier alpha value is -0.135. The first-order valence-electron chi connectivity index (χ1n) is 6.28. The fourth-order valence-corrected chi connectivity index (χ4v) is 0.324. The lowest BCUT2D eigenvalue weighted by Gasteiger charge is -2.25. The summed E-state index contributed by atoms with van der Waals surface area (Å²) in [5.74, 6) is 0. The van der Waals surface area contributed by atoms with E-state index in [0.29, 0.717) is 6.61 Å². The maximum Gasteiger partial charge on any atom is 0.0675 e. The van der Waals surface area contributed by atoms with Crippen molar-refractivity contribution in [3.8, 4) is 0 Å². The van der Waals surface area contributed by atoms with Gasteiger partial charge in [0.2, 0.25) is 0 Å². The Morgan fingerprint density at radius 2 is 1.11 bits per heavy atom. The van der Waals surface area contributed by atoms with Crippen molar-refractivity contribution in [3.63, 3.8) is 0 Å². The van der Waals surface area contributed by atoms with E-state index in [1.807, 2.05) is 6.92 Å². The number of hydrogen-bond donors (Lipinski definition) is 0. The molecule has 0 fully saturated rings. The first-order valence-corrected chi connectivity index (χ1v) is 6.28. The molecule has 0 radical (unpaired) electrons. The lowest BCUT2D eigenvalue weighted by molar-refractivity contribution is -0.849. The Morgan fingerprint density at radius 1 is 0.833 bits per heavy atom. The van der Waals surface area contributed by atoms with E-state index >= 15 is 0 Å². The highest BCUT2D eigenvalue weighted by atomic mass is 16.6. The average Bonchev–Trinajstić information content (AvgIpc) is 1.97. The summed E-state index contributed by atoms with van der Waals surface area (Å²) in [5.41, 5.74) is 0. The van der Waals surface area contributed by atoms with Gasteiger partial charge in [0.1, 0.15) is 0 Å². The summed E-state index contributed by atoms with van der Waals surface area (Å²) in [6.45, 7) is 2.27. The second-order valence-corrected chi connectivity index (χ2v) is 6.88. The van der Waals surface area contributed by atoms with Crippen LogP contribution in [0.4, 0.5) is 0 Å². The summed E-state index contributed by atoms with van der Waals surface area (Å²) in [7, 11) is 14.9. The quantitative estimate of drug-likeness (QED) is 0.378. The predicted molar refractivity (Wildman–Crippen MR) is 74.5 cm³/mol. The lowest BCUT2D eigenvalue weighted by atomic mass is 10.2. The van der Waals surface area contributed by atoms with Crippen LogP contribution < -0.4 is 10.0 Å². The van der Waals surface area contributed by atoms with Gasteiger partial charge in [0.15, 0.2) is 0 Å². The molecule has 0 aliphatic rings. The molecule has 0 aliphatic carbocycles. The van der Waals surface area contributed by atoms with Gasteiger partial charge in [-0.2, -0.15) is 0 Å². The van der Waals surface area contributed by atoms with Crippen LogP contribution in [0, 0.1) is 0 Å². The van der Waals surface area contributed by atoms with Crippen molar-refractivity contribution in [1.82, 2.24) is 0 Å². The van der Waals surface area contributed by atoms with E-state index < -0.39 is 7.32 Å². The molecule has 0 unspecified atom stereocenters. The molecule has 0 aromatic rings. The maximum absolute atomic E-state index is 9.62. The van der Waals surface area contributed by atoms with Crippen molar-refractivity contribution in [1.29, 1.82) is 0 Å². The third-order valence-electron chi connectivity index (χ3n) is 0.752. The SMILES string of the molecule is CCCCOB([O-])[O-].C[N+](C)(C)C.C[N+](C)(C)C. The zero-order chi connectivity index (χ0) is 15.4. The molecule has 5 nitrogen and oxygen atoms in total. The molecule has 0 amide bonds. The lowest BCUT2D eigenvalue weighted by Crippen LogP contribution is -2.47. The van der Waals surface area contributed by atoms with Crippen molar-refractivity contribution in [2.45, 2.75) is 19.8 Å². The highest BCUT2D eigenvalue weighted by Crippen LogP contribution is 1.85. The summed E-state index contributed by atoms with van der Waals surface area (Å²) >= 11 is 0. The van der Waals surface area contributed by atoms with Crippen molar-refractivity contribution in [2.24, 2.45) is 0 Å². The van der Waals surface area contributed by atoms with Crippen molar-refractivity contribution >= 4 is 7.32 Å². The normalized spacial score (nSPS) is 10.8. The van der Waals surface area contributed by atoms with E-state index in [-0.39, 0.29) is 0 Å². The fraction of sp³-hybridized carbons (Fsp3) is 1.00. The molecular weight excluding hydrogens is 231 g/mol. The number of hydrogen-bond acceptors (Lipinski definition) is 3. The molecule has 0 aliphatic heterocycles. The molecule has 0 bridgehead atoms. The summed E-state index contributed by atoms with van der Waals surface area (Å²) in [4.78, 5) is 0. The van der Waals surface area contributed by atoms with Crippen LogP contribution in [0.25, 0.3) is 0 Å². The van der Waals surface area contributed by atoms with Crippen molar-refractivity contribution in [2.75, 3.05) is 63.0 Å². The Morgan fingerprint density at radius 3 is 1.28 bits per heavy atom.